The quantitative estimate of drug-likeness (QED) is 0.809. The molecule has 0 amide bonds. The highest BCUT2D eigenvalue weighted by Gasteiger charge is 2.23. The van der Waals surface area contributed by atoms with Gasteiger partial charge in [-0.25, -0.2) is 4.98 Å². The molecular weight excluding hydrogens is 290 g/mol. The molecule has 0 radical (unpaired) electrons. The molecular formula is C19H23NOS. The molecule has 1 aromatic heterocycles. The molecule has 0 atom stereocenters. The second-order valence-electron chi connectivity index (χ2n) is 6.81. The van der Waals surface area contributed by atoms with Gasteiger partial charge >= 0.3 is 0 Å². The van der Waals surface area contributed by atoms with E-state index >= 15 is 0 Å². The second-order valence-corrected chi connectivity index (χ2v) is 7.70. The van der Waals surface area contributed by atoms with Gasteiger partial charge in [-0.1, -0.05) is 19.3 Å². The van der Waals surface area contributed by atoms with Crippen molar-refractivity contribution in [3.05, 3.63) is 33.1 Å². The number of hydrogen-bond donors (Lipinski definition) is 1. The lowest BCUT2D eigenvalue weighted by molar-refractivity contribution is 0.442. The zero-order valence-electron chi connectivity index (χ0n) is 13.2. The number of phenols is 1. The summed E-state index contributed by atoms with van der Waals surface area (Å²) in [5.74, 6) is 1.13. The maximum Gasteiger partial charge on any atom is 0.128 e. The van der Waals surface area contributed by atoms with Crippen LogP contribution >= 0.6 is 11.3 Å². The van der Waals surface area contributed by atoms with Crippen LogP contribution in [-0.2, 0) is 12.8 Å². The molecule has 0 bridgehead atoms. The number of thiazole rings is 1. The molecule has 1 fully saturated rings. The minimum atomic E-state index is 0.485. The van der Waals surface area contributed by atoms with Crippen molar-refractivity contribution < 1.29 is 5.11 Å². The highest BCUT2D eigenvalue weighted by atomic mass is 32.1. The molecule has 0 aliphatic heterocycles. The van der Waals surface area contributed by atoms with Gasteiger partial charge in [-0.2, -0.15) is 0 Å². The van der Waals surface area contributed by atoms with Crippen molar-refractivity contribution in [2.45, 2.75) is 64.2 Å². The molecule has 0 spiro atoms. The first-order valence-corrected chi connectivity index (χ1v) is 9.42. The third kappa shape index (κ3) is 2.36. The van der Waals surface area contributed by atoms with Gasteiger partial charge in [0.05, 0.1) is 10.7 Å². The number of hydrogen-bond acceptors (Lipinski definition) is 3. The summed E-state index contributed by atoms with van der Waals surface area (Å²) in [6.07, 6.45) is 9.89. The predicted molar refractivity (Wildman–Crippen MR) is 91.8 cm³/mol. The van der Waals surface area contributed by atoms with E-state index in [4.69, 9.17) is 4.98 Å². The van der Waals surface area contributed by atoms with E-state index in [1.54, 1.807) is 11.3 Å². The Bertz CT molecular complexity index is 698. The number of aromatic hydroxyl groups is 1. The van der Waals surface area contributed by atoms with Crippen molar-refractivity contribution in [1.82, 2.24) is 4.98 Å². The lowest BCUT2D eigenvalue weighted by Gasteiger charge is -2.19. The molecule has 0 unspecified atom stereocenters. The Morgan fingerprint density at radius 1 is 1.09 bits per heavy atom. The van der Waals surface area contributed by atoms with Crippen molar-refractivity contribution in [2.24, 2.45) is 0 Å². The third-order valence-corrected chi connectivity index (χ3v) is 6.36. The third-order valence-electron chi connectivity index (χ3n) is 5.35. The van der Waals surface area contributed by atoms with E-state index in [0.717, 1.165) is 30.5 Å². The summed E-state index contributed by atoms with van der Waals surface area (Å²) < 4.78 is 0. The van der Waals surface area contributed by atoms with Gasteiger partial charge in [0.25, 0.3) is 0 Å². The summed E-state index contributed by atoms with van der Waals surface area (Å²) in [6.45, 7) is 2.17. The molecule has 116 valence electrons. The molecule has 1 heterocycles. The van der Waals surface area contributed by atoms with E-state index in [1.165, 1.54) is 53.8 Å². The lowest BCUT2D eigenvalue weighted by atomic mass is 9.90. The Morgan fingerprint density at radius 2 is 1.86 bits per heavy atom. The van der Waals surface area contributed by atoms with E-state index in [0.29, 0.717) is 11.7 Å². The molecule has 2 aliphatic rings. The molecule has 2 aromatic rings. The first-order valence-electron chi connectivity index (χ1n) is 8.54. The highest BCUT2D eigenvalue weighted by Crippen LogP contribution is 2.42. The lowest BCUT2D eigenvalue weighted by Crippen LogP contribution is -2.03. The summed E-state index contributed by atoms with van der Waals surface area (Å²) >= 11 is 1.78. The van der Waals surface area contributed by atoms with Gasteiger partial charge in [-0.05, 0) is 61.8 Å². The zero-order valence-corrected chi connectivity index (χ0v) is 14.0. The standard InChI is InChI=1S/C19H23NOS/c1-12-10-16(18(21)15-9-5-8-14(12)15)17-11-22-19(20-17)13-6-3-2-4-7-13/h10-11,13,21H,2-9H2,1H3. The summed E-state index contributed by atoms with van der Waals surface area (Å²) in [4.78, 5) is 4.89. The smallest absolute Gasteiger partial charge is 0.128 e. The van der Waals surface area contributed by atoms with Crippen molar-refractivity contribution in [1.29, 1.82) is 0 Å². The van der Waals surface area contributed by atoms with E-state index in [1.807, 2.05) is 0 Å². The van der Waals surface area contributed by atoms with Crippen LogP contribution in [0, 0.1) is 6.92 Å². The van der Waals surface area contributed by atoms with Gasteiger partial charge in [0.1, 0.15) is 5.75 Å². The van der Waals surface area contributed by atoms with Crippen LogP contribution in [0.5, 0.6) is 5.75 Å². The van der Waals surface area contributed by atoms with Crippen LogP contribution in [0.25, 0.3) is 11.3 Å². The number of phenolic OH excluding ortho intramolecular Hbond substituents is 1. The van der Waals surface area contributed by atoms with Crippen LogP contribution < -0.4 is 0 Å². The molecule has 22 heavy (non-hydrogen) atoms. The average Bonchev–Trinajstić information content (AvgIpc) is 3.21. The van der Waals surface area contributed by atoms with Crippen LogP contribution in [0.2, 0.25) is 0 Å². The minimum Gasteiger partial charge on any atom is -0.507 e. The molecule has 1 saturated carbocycles. The van der Waals surface area contributed by atoms with Gasteiger partial charge in [0.2, 0.25) is 0 Å². The monoisotopic (exact) mass is 313 g/mol. The van der Waals surface area contributed by atoms with Crippen molar-refractivity contribution >= 4 is 11.3 Å². The van der Waals surface area contributed by atoms with Crippen molar-refractivity contribution in [3.63, 3.8) is 0 Å². The fourth-order valence-electron chi connectivity index (χ4n) is 4.12. The second kappa shape index (κ2) is 5.69. The van der Waals surface area contributed by atoms with Crippen molar-refractivity contribution in [3.8, 4) is 17.0 Å². The SMILES string of the molecule is Cc1cc(-c2csc(C3CCCCC3)n2)c(O)c2c1CCC2. The largest absolute Gasteiger partial charge is 0.507 e. The Kier molecular flexibility index (Phi) is 3.69. The minimum absolute atomic E-state index is 0.485. The molecule has 2 aliphatic carbocycles. The van der Waals surface area contributed by atoms with Crippen LogP contribution in [0.4, 0.5) is 0 Å². The fourth-order valence-corrected chi connectivity index (χ4v) is 5.11. The van der Waals surface area contributed by atoms with Crippen LogP contribution in [0.3, 0.4) is 0 Å². The average molecular weight is 313 g/mol. The molecule has 2 nitrogen and oxygen atoms in total. The summed E-state index contributed by atoms with van der Waals surface area (Å²) in [7, 11) is 0. The highest BCUT2D eigenvalue weighted by molar-refractivity contribution is 7.10. The summed E-state index contributed by atoms with van der Waals surface area (Å²) in [6, 6.07) is 2.14. The van der Waals surface area contributed by atoms with E-state index in [2.05, 4.69) is 18.4 Å². The van der Waals surface area contributed by atoms with Crippen LogP contribution in [-0.4, -0.2) is 10.1 Å². The Morgan fingerprint density at radius 3 is 2.68 bits per heavy atom. The summed E-state index contributed by atoms with van der Waals surface area (Å²) in [5, 5.41) is 14.1. The van der Waals surface area contributed by atoms with Gasteiger partial charge < -0.3 is 5.11 Å². The Balaban J connectivity index is 1.71. The predicted octanol–water partition coefficient (Wildman–Crippen LogP) is 5.36. The number of rotatable bonds is 2. The topological polar surface area (TPSA) is 33.1 Å². The van der Waals surface area contributed by atoms with Gasteiger partial charge in [-0.15, -0.1) is 11.3 Å². The maximum absolute atomic E-state index is 10.7. The number of benzene rings is 1. The molecule has 1 N–H and O–H groups in total. The number of fused-ring (bicyclic) bond motifs is 1. The van der Waals surface area contributed by atoms with E-state index < -0.39 is 0 Å². The van der Waals surface area contributed by atoms with Gasteiger partial charge in [0, 0.05) is 16.9 Å². The zero-order chi connectivity index (χ0) is 15.1. The Hall–Kier alpha value is -1.35. The first kappa shape index (κ1) is 14.3. The summed E-state index contributed by atoms with van der Waals surface area (Å²) in [5.41, 5.74) is 5.76. The number of nitrogens with zero attached hydrogens (tertiary/aromatic N) is 1. The Labute approximate surface area is 136 Å². The maximum atomic E-state index is 10.7. The molecule has 0 saturated heterocycles. The molecule has 3 heteroatoms. The van der Waals surface area contributed by atoms with E-state index in [-0.39, 0.29) is 0 Å². The normalized spacial score (nSPS) is 18.6. The van der Waals surface area contributed by atoms with Gasteiger partial charge in [0.15, 0.2) is 0 Å². The van der Waals surface area contributed by atoms with Crippen LogP contribution in [0.15, 0.2) is 11.4 Å². The fraction of sp³-hybridized carbons (Fsp3) is 0.526. The first-order chi connectivity index (χ1) is 10.7. The van der Waals surface area contributed by atoms with Crippen molar-refractivity contribution in [2.75, 3.05) is 0 Å². The van der Waals surface area contributed by atoms with E-state index in [9.17, 15) is 5.11 Å². The molecule has 1 aromatic carbocycles. The number of aromatic nitrogens is 1. The number of aryl methyl sites for hydroxylation is 1. The molecule has 4 rings (SSSR count). The van der Waals surface area contributed by atoms with Crippen LogP contribution in [0.1, 0.15) is 66.1 Å². The van der Waals surface area contributed by atoms with Gasteiger partial charge in [-0.3, -0.25) is 0 Å².